The van der Waals surface area contributed by atoms with Crippen LogP contribution < -0.4 is 5.32 Å². The Bertz CT molecular complexity index is 506. The molecule has 0 bridgehead atoms. The summed E-state index contributed by atoms with van der Waals surface area (Å²) in [5.41, 5.74) is 0.942. The number of nitrogens with one attached hydrogen (secondary N) is 1. The van der Waals surface area contributed by atoms with Crippen molar-refractivity contribution in [2.45, 2.75) is 0 Å². The van der Waals surface area contributed by atoms with Gasteiger partial charge in [-0.3, -0.25) is 9.48 Å². The number of rotatable bonds is 2. The standard InChI is InChI=1S/C10H9ClN4O/c1-15-6-9(13-14-15)10(16)12-8-4-2-7(11)3-5-8/h2-6H,1H3,(H,12,16). The van der Waals surface area contributed by atoms with E-state index in [0.29, 0.717) is 10.7 Å². The molecular formula is C10H9ClN4O. The van der Waals surface area contributed by atoms with Gasteiger partial charge in [-0.1, -0.05) is 16.8 Å². The predicted octanol–water partition coefficient (Wildman–Crippen LogP) is 1.72. The highest BCUT2D eigenvalue weighted by molar-refractivity contribution is 6.30. The molecule has 1 aromatic carbocycles. The molecule has 0 atom stereocenters. The number of amides is 1. The zero-order valence-electron chi connectivity index (χ0n) is 8.51. The Balaban J connectivity index is 2.10. The van der Waals surface area contributed by atoms with E-state index < -0.39 is 0 Å². The number of hydrogen-bond acceptors (Lipinski definition) is 3. The van der Waals surface area contributed by atoms with Crippen LogP contribution in [0.25, 0.3) is 0 Å². The largest absolute Gasteiger partial charge is 0.321 e. The molecule has 0 unspecified atom stereocenters. The minimum absolute atomic E-state index is 0.275. The van der Waals surface area contributed by atoms with Crippen LogP contribution in [0.3, 0.4) is 0 Å². The Kier molecular flexibility index (Phi) is 2.87. The second kappa shape index (κ2) is 4.32. The predicted molar refractivity (Wildman–Crippen MR) is 60.4 cm³/mol. The molecule has 1 aromatic heterocycles. The summed E-state index contributed by atoms with van der Waals surface area (Å²) in [6, 6.07) is 6.84. The van der Waals surface area contributed by atoms with Crippen molar-refractivity contribution in [2.24, 2.45) is 7.05 Å². The fraction of sp³-hybridized carbons (Fsp3) is 0.100. The number of benzene rings is 1. The first-order chi connectivity index (χ1) is 7.65. The molecule has 0 spiro atoms. The van der Waals surface area contributed by atoms with Crippen LogP contribution in [0.1, 0.15) is 10.5 Å². The number of carbonyl (C=O) groups is 1. The summed E-state index contributed by atoms with van der Waals surface area (Å²) in [6.07, 6.45) is 1.55. The lowest BCUT2D eigenvalue weighted by Crippen LogP contribution is -2.12. The van der Waals surface area contributed by atoms with E-state index in [-0.39, 0.29) is 11.6 Å². The minimum Gasteiger partial charge on any atom is -0.321 e. The Morgan fingerprint density at radius 1 is 1.38 bits per heavy atom. The number of aromatic nitrogens is 3. The van der Waals surface area contributed by atoms with Gasteiger partial charge in [0.1, 0.15) is 0 Å². The zero-order valence-corrected chi connectivity index (χ0v) is 9.27. The Hall–Kier alpha value is -1.88. The van der Waals surface area contributed by atoms with Crippen molar-refractivity contribution in [2.75, 3.05) is 5.32 Å². The highest BCUT2D eigenvalue weighted by Crippen LogP contribution is 2.13. The van der Waals surface area contributed by atoms with Gasteiger partial charge in [0, 0.05) is 17.8 Å². The number of nitrogens with zero attached hydrogens (tertiary/aromatic N) is 3. The van der Waals surface area contributed by atoms with Crippen molar-refractivity contribution in [1.82, 2.24) is 15.0 Å². The van der Waals surface area contributed by atoms with Crippen molar-refractivity contribution in [3.8, 4) is 0 Å². The Morgan fingerprint density at radius 3 is 2.62 bits per heavy atom. The highest BCUT2D eigenvalue weighted by Gasteiger charge is 2.09. The van der Waals surface area contributed by atoms with E-state index in [1.807, 2.05) is 0 Å². The maximum atomic E-state index is 11.7. The van der Waals surface area contributed by atoms with Crippen LogP contribution >= 0.6 is 11.6 Å². The minimum atomic E-state index is -0.296. The summed E-state index contributed by atoms with van der Waals surface area (Å²) < 4.78 is 1.47. The Morgan fingerprint density at radius 2 is 2.06 bits per heavy atom. The number of halogens is 1. The number of hydrogen-bond donors (Lipinski definition) is 1. The molecule has 1 N–H and O–H groups in total. The van der Waals surface area contributed by atoms with E-state index >= 15 is 0 Å². The van der Waals surface area contributed by atoms with Crippen LogP contribution in [0.2, 0.25) is 5.02 Å². The van der Waals surface area contributed by atoms with E-state index in [2.05, 4.69) is 15.6 Å². The Labute approximate surface area is 97.0 Å². The third kappa shape index (κ3) is 2.38. The van der Waals surface area contributed by atoms with Crippen molar-refractivity contribution >= 4 is 23.2 Å². The third-order valence-electron chi connectivity index (χ3n) is 1.94. The number of carbonyl (C=O) groups excluding carboxylic acids is 1. The molecule has 5 nitrogen and oxygen atoms in total. The van der Waals surface area contributed by atoms with Crippen LogP contribution in [0, 0.1) is 0 Å². The van der Waals surface area contributed by atoms with E-state index in [4.69, 9.17) is 11.6 Å². The van der Waals surface area contributed by atoms with Crippen molar-refractivity contribution in [3.63, 3.8) is 0 Å². The molecule has 6 heteroatoms. The number of aryl methyl sites for hydroxylation is 1. The normalized spacial score (nSPS) is 10.1. The van der Waals surface area contributed by atoms with E-state index in [9.17, 15) is 4.79 Å². The fourth-order valence-corrected chi connectivity index (χ4v) is 1.31. The molecule has 1 amide bonds. The van der Waals surface area contributed by atoms with Gasteiger partial charge >= 0.3 is 0 Å². The van der Waals surface area contributed by atoms with Crippen LogP contribution in [0.15, 0.2) is 30.5 Å². The van der Waals surface area contributed by atoms with Gasteiger partial charge in [-0.05, 0) is 24.3 Å². The first kappa shape index (κ1) is 10.6. The fourth-order valence-electron chi connectivity index (χ4n) is 1.18. The number of anilines is 1. The summed E-state index contributed by atoms with van der Waals surface area (Å²) in [6.45, 7) is 0. The SMILES string of the molecule is Cn1cc(C(=O)Nc2ccc(Cl)cc2)nn1. The molecule has 2 aromatic rings. The van der Waals surface area contributed by atoms with Gasteiger partial charge in [-0.25, -0.2) is 0 Å². The summed E-state index contributed by atoms with van der Waals surface area (Å²) in [5, 5.41) is 10.7. The van der Waals surface area contributed by atoms with Gasteiger partial charge < -0.3 is 5.32 Å². The molecule has 0 aliphatic heterocycles. The second-order valence-electron chi connectivity index (χ2n) is 3.24. The smallest absolute Gasteiger partial charge is 0.277 e. The van der Waals surface area contributed by atoms with Crippen LogP contribution in [0.5, 0.6) is 0 Å². The van der Waals surface area contributed by atoms with Gasteiger partial charge in [0.25, 0.3) is 5.91 Å². The topological polar surface area (TPSA) is 59.8 Å². The lowest BCUT2D eigenvalue weighted by atomic mass is 10.3. The molecular weight excluding hydrogens is 228 g/mol. The third-order valence-corrected chi connectivity index (χ3v) is 2.19. The molecule has 0 aliphatic rings. The van der Waals surface area contributed by atoms with E-state index in [0.717, 1.165) is 0 Å². The maximum absolute atomic E-state index is 11.7. The van der Waals surface area contributed by atoms with E-state index in [1.54, 1.807) is 37.5 Å². The van der Waals surface area contributed by atoms with Crippen molar-refractivity contribution in [1.29, 1.82) is 0 Å². The molecule has 16 heavy (non-hydrogen) atoms. The average Bonchev–Trinajstić information content (AvgIpc) is 2.68. The van der Waals surface area contributed by atoms with Crippen molar-refractivity contribution < 1.29 is 4.79 Å². The van der Waals surface area contributed by atoms with Crippen LogP contribution in [-0.4, -0.2) is 20.9 Å². The van der Waals surface area contributed by atoms with E-state index in [1.165, 1.54) is 4.68 Å². The summed E-state index contributed by atoms with van der Waals surface area (Å²) >= 11 is 5.73. The van der Waals surface area contributed by atoms with Gasteiger partial charge in [0.2, 0.25) is 0 Å². The molecule has 0 radical (unpaired) electrons. The van der Waals surface area contributed by atoms with Crippen molar-refractivity contribution in [3.05, 3.63) is 41.2 Å². The molecule has 1 heterocycles. The molecule has 0 saturated heterocycles. The maximum Gasteiger partial charge on any atom is 0.277 e. The van der Waals surface area contributed by atoms with Gasteiger partial charge in [-0.2, -0.15) is 0 Å². The first-order valence-corrected chi connectivity index (χ1v) is 4.96. The second-order valence-corrected chi connectivity index (χ2v) is 3.67. The van der Waals surface area contributed by atoms with Gasteiger partial charge in [0.05, 0.1) is 6.20 Å². The molecule has 0 saturated carbocycles. The average molecular weight is 237 g/mol. The van der Waals surface area contributed by atoms with Crippen LogP contribution in [0.4, 0.5) is 5.69 Å². The monoisotopic (exact) mass is 236 g/mol. The molecule has 82 valence electrons. The van der Waals surface area contributed by atoms with Gasteiger partial charge in [-0.15, -0.1) is 5.10 Å². The molecule has 2 rings (SSSR count). The lowest BCUT2D eigenvalue weighted by Gasteiger charge is -2.01. The lowest BCUT2D eigenvalue weighted by molar-refractivity contribution is 0.102. The van der Waals surface area contributed by atoms with Gasteiger partial charge in [0.15, 0.2) is 5.69 Å². The summed E-state index contributed by atoms with van der Waals surface area (Å²) in [4.78, 5) is 11.7. The first-order valence-electron chi connectivity index (χ1n) is 4.58. The molecule has 0 aliphatic carbocycles. The summed E-state index contributed by atoms with van der Waals surface area (Å²) in [5.74, 6) is -0.296. The molecule has 0 fully saturated rings. The summed E-state index contributed by atoms with van der Waals surface area (Å²) in [7, 11) is 1.70. The quantitative estimate of drug-likeness (QED) is 0.864. The highest BCUT2D eigenvalue weighted by atomic mass is 35.5. The van der Waals surface area contributed by atoms with Crippen LogP contribution in [-0.2, 0) is 7.05 Å². The zero-order chi connectivity index (χ0) is 11.5.